The van der Waals surface area contributed by atoms with Crippen molar-refractivity contribution < 1.29 is 25.2 Å². The second-order valence-corrected chi connectivity index (χ2v) is 11.4. The Morgan fingerprint density at radius 2 is 0.946 bits per heavy atom. The van der Waals surface area contributed by atoms with Gasteiger partial charge in [0.25, 0.3) is 0 Å². The first kappa shape index (κ1) is 38.7. The van der Waals surface area contributed by atoms with Crippen molar-refractivity contribution in [2.24, 2.45) is 5.41 Å². The molecule has 0 aromatic carbocycles. The van der Waals surface area contributed by atoms with Gasteiger partial charge in [0.15, 0.2) is 0 Å². The van der Waals surface area contributed by atoms with Gasteiger partial charge in [-0.05, 0) is 19.3 Å². The first-order chi connectivity index (χ1) is 17.9. The van der Waals surface area contributed by atoms with Gasteiger partial charge in [0.2, 0.25) is 5.91 Å². The summed E-state index contributed by atoms with van der Waals surface area (Å²) in [6, 6.07) is 0. The van der Waals surface area contributed by atoms with Crippen molar-refractivity contribution in [2.75, 3.05) is 32.2 Å². The van der Waals surface area contributed by atoms with Crippen molar-refractivity contribution in [3.05, 3.63) is 0 Å². The predicted molar refractivity (Wildman–Crippen MR) is 157 cm³/mol. The molecule has 224 valence electrons. The number of aliphatic hydroxyl groups excluding tert-OH is 4. The Bertz CT molecular complexity index is 445. The highest BCUT2D eigenvalue weighted by atomic mass is 35.5. The summed E-state index contributed by atoms with van der Waals surface area (Å²) in [5.74, 6) is 0.322. The molecule has 0 aromatic rings. The summed E-state index contributed by atoms with van der Waals surface area (Å²) in [6.45, 7) is 3.64. The second-order valence-electron chi connectivity index (χ2n) is 11.0. The van der Waals surface area contributed by atoms with E-state index >= 15 is 0 Å². The van der Waals surface area contributed by atoms with Crippen LogP contribution in [-0.4, -0.2) is 64.7 Å². The van der Waals surface area contributed by atoms with Crippen LogP contribution in [0.1, 0.15) is 142 Å². The molecular formula is C30H62ClNO5. The Kier molecular flexibility index (Phi) is 31.6. The summed E-state index contributed by atoms with van der Waals surface area (Å²) >= 11 is 5.68. The quantitative estimate of drug-likeness (QED) is 0.0623. The number of amides is 1. The van der Waals surface area contributed by atoms with Gasteiger partial charge in [-0.1, -0.05) is 123 Å². The maximum absolute atomic E-state index is 11.3. The average Bonchev–Trinajstić information content (AvgIpc) is 2.90. The Balaban J connectivity index is 0. The molecule has 0 saturated heterocycles. The average molecular weight is 552 g/mol. The molecular weight excluding hydrogens is 490 g/mol. The van der Waals surface area contributed by atoms with Crippen LogP contribution in [0.2, 0.25) is 0 Å². The zero-order valence-corrected chi connectivity index (χ0v) is 25.1. The molecule has 1 amide bonds. The smallest absolute Gasteiger partial charge is 0.249 e. The third-order valence-electron chi connectivity index (χ3n) is 6.82. The minimum absolute atomic E-state index is 0.000230. The molecule has 1 unspecified atom stereocenters. The van der Waals surface area contributed by atoms with Gasteiger partial charge >= 0.3 is 0 Å². The first-order valence-electron chi connectivity index (χ1n) is 15.2. The van der Waals surface area contributed by atoms with Gasteiger partial charge in [-0.25, -0.2) is 0 Å². The van der Waals surface area contributed by atoms with Crippen LogP contribution >= 0.6 is 11.6 Å². The molecule has 1 atom stereocenters. The summed E-state index contributed by atoms with van der Waals surface area (Å²) in [4.78, 5) is 11.3. The Morgan fingerprint density at radius 1 is 0.622 bits per heavy atom. The second kappa shape index (κ2) is 30.1. The molecule has 0 aliphatic carbocycles. The standard InChI is InChI=1S/C21H43ClO.C9H19NO4/c22-20-18-16-14-12-10-8-6-4-2-1-3-5-7-9-11-13-15-17-19-21-23;1-9(2,6-12)7(13)8(14)10-4-3-5-11/h23H,1-21H2;7,11-13H,3-6H2,1-2H3,(H,10,14). The van der Waals surface area contributed by atoms with E-state index in [2.05, 4.69) is 5.32 Å². The van der Waals surface area contributed by atoms with Crippen LogP contribution in [0.25, 0.3) is 0 Å². The monoisotopic (exact) mass is 551 g/mol. The highest BCUT2D eigenvalue weighted by Gasteiger charge is 2.32. The minimum atomic E-state index is -1.23. The molecule has 0 aliphatic rings. The summed E-state index contributed by atoms with van der Waals surface area (Å²) < 4.78 is 0. The largest absolute Gasteiger partial charge is 0.396 e. The number of aliphatic hydroxyl groups is 4. The van der Waals surface area contributed by atoms with Gasteiger partial charge in [-0.15, -0.1) is 11.6 Å². The van der Waals surface area contributed by atoms with E-state index in [0.29, 0.717) is 19.6 Å². The highest BCUT2D eigenvalue weighted by molar-refractivity contribution is 6.17. The lowest BCUT2D eigenvalue weighted by molar-refractivity contribution is -0.137. The van der Waals surface area contributed by atoms with E-state index < -0.39 is 17.4 Å². The molecule has 0 saturated carbocycles. The SMILES string of the molecule is CC(C)(CO)C(O)C(=O)NCCCO.OCCCCCCCCCCCCCCCCCCCCCCl. The summed E-state index contributed by atoms with van der Waals surface area (Å²) in [5.41, 5.74) is -0.844. The normalized spacial score (nSPS) is 12.2. The van der Waals surface area contributed by atoms with Gasteiger partial charge in [-0.3, -0.25) is 4.79 Å². The molecule has 0 aromatic heterocycles. The van der Waals surface area contributed by atoms with Gasteiger partial charge in [0.1, 0.15) is 6.10 Å². The molecule has 37 heavy (non-hydrogen) atoms. The Labute approximate surface area is 234 Å². The number of carbonyl (C=O) groups is 1. The van der Waals surface area contributed by atoms with Crippen molar-refractivity contribution in [2.45, 2.75) is 148 Å². The number of carbonyl (C=O) groups excluding carboxylic acids is 1. The summed E-state index contributed by atoms with van der Waals surface area (Å²) in [7, 11) is 0. The molecule has 7 heteroatoms. The minimum Gasteiger partial charge on any atom is -0.396 e. The molecule has 0 heterocycles. The number of alkyl halides is 1. The van der Waals surface area contributed by atoms with Crippen LogP contribution in [0.15, 0.2) is 0 Å². The lowest BCUT2D eigenvalue weighted by atomic mass is 9.87. The Hall–Kier alpha value is -0.400. The van der Waals surface area contributed by atoms with E-state index in [-0.39, 0.29) is 13.2 Å². The van der Waals surface area contributed by atoms with Crippen LogP contribution in [-0.2, 0) is 4.79 Å². The summed E-state index contributed by atoms with van der Waals surface area (Å²) in [5, 5.41) is 38.1. The van der Waals surface area contributed by atoms with E-state index in [4.69, 9.17) is 26.9 Å². The van der Waals surface area contributed by atoms with Crippen LogP contribution < -0.4 is 5.32 Å². The molecule has 0 rings (SSSR count). The van der Waals surface area contributed by atoms with Crippen molar-refractivity contribution in [3.8, 4) is 0 Å². The third kappa shape index (κ3) is 28.4. The first-order valence-corrected chi connectivity index (χ1v) is 15.7. The third-order valence-corrected chi connectivity index (χ3v) is 7.09. The number of hydrogen-bond acceptors (Lipinski definition) is 5. The molecule has 0 bridgehead atoms. The Morgan fingerprint density at radius 3 is 1.24 bits per heavy atom. The van der Waals surface area contributed by atoms with Crippen LogP contribution in [0.4, 0.5) is 0 Å². The summed E-state index contributed by atoms with van der Waals surface area (Å²) in [6.07, 6.45) is 25.2. The molecule has 0 aliphatic heterocycles. The van der Waals surface area contributed by atoms with Crippen LogP contribution in [0.5, 0.6) is 0 Å². The fraction of sp³-hybridized carbons (Fsp3) is 0.967. The molecule has 0 fully saturated rings. The molecule has 0 spiro atoms. The van der Waals surface area contributed by atoms with Gasteiger partial charge in [0, 0.05) is 31.1 Å². The maximum atomic E-state index is 11.3. The fourth-order valence-corrected chi connectivity index (χ4v) is 4.23. The molecule has 0 radical (unpaired) electrons. The van der Waals surface area contributed by atoms with Crippen molar-refractivity contribution in [1.29, 1.82) is 0 Å². The van der Waals surface area contributed by atoms with Crippen LogP contribution in [0, 0.1) is 5.41 Å². The fourth-order valence-electron chi connectivity index (χ4n) is 4.04. The molecule has 6 nitrogen and oxygen atoms in total. The number of unbranched alkanes of at least 4 members (excludes halogenated alkanes) is 18. The van der Waals surface area contributed by atoms with Crippen molar-refractivity contribution in [1.82, 2.24) is 5.32 Å². The number of hydrogen-bond donors (Lipinski definition) is 5. The zero-order valence-electron chi connectivity index (χ0n) is 24.3. The topological polar surface area (TPSA) is 110 Å². The van der Waals surface area contributed by atoms with E-state index in [1.165, 1.54) is 116 Å². The van der Waals surface area contributed by atoms with E-state index in [1.54, 1.807) is 13.8 Å². The van der Waals surface area contributed by atoms with E-state index in [9.17, 15) is 9.90 Å². The lowest BCUT2D eigenvalue weighted by Crippen LogP contribution is -2.45. The van der Waals surface area contributed by atoms with Crippen molar-refractivity contribution in [3.63, 3.8) is 0 Å². The number of halogens is 1. The number of rotatable bonds is 26. The van der Waals surface area contributed by atoms with Crippen LogP contribution in [0.3, 0.4) is 0 Å². The van der Waals surface area contributed by atoms with Gasteiger partial charge in [-0.2, -0.15) is 0 Å². The zero-order chi connectivity index (χ0) is 28.0. The van der Waals surface area contributed by atoms with Crippen molar-refractivity contribution >= 4 is 17.5 Å². The van der Waals surface area contributed by atoms with E-state index in [0.717, 1.165) is 12.3 Å². The number of nitrogens with one attached hydrogen (secondary N) is 1. The van der Waals surface area contributed by atoms with E-state index in [1.807, 2.05) is 0 Å². The predicted octanol–water partition coefficient (Wildman–Crippen LogP) is 6.49. The van der Waals surface area contributed by atoms with Gasteiger partial charge in [0.05, 0.1) is 6.61 Å². The maximum Gasteiger partial charge on any atom is 0.249 e. The molecule has 5 N–H and O–H groups in total. The lowest BCUT2D eigenvalue weighted by Gasteiger charge is -2.27. The highest BCUT2D eigenvalue weighted by Crippen LogP contribution is 2.19. The van der Waals surface area contributed by atoms with Gasteiger partial charge < -0.3 is 25.7 Å².